The molecule has 6 heteroatoms. The lowest BCUT2D eigenvalue weighted by Gasteiger charge is -1.88. The van der Waals surface area contributed by atoms with Gasteiger partial charge in [0.2, 0.25) is 11.7 Å². The van der Waals surface area contributed by atoms with E-state index in [0.29, 0.717) is 0 Å². The zero-order valence-corrected chi connectivity index (χ0v) is 4.60. The van der Waals surface area contributed by atoms with E-state index >= 15 is 0 Å². The molecule has 0 aliphatic carbocycles. The zero-order valence-electron chi connectivity index (χ0n) is 4.60. The van der Waals surface area contributed by atoms with E-state index in [-0.39, 0.29) is 0 Å². The summed E-state index contributed by atoms with van der Waals surface area (Å²) < 4.78 is 23.6. The molecule has 0 fully saturated rings. The maximum absolute atomic E-state index is 11.8. The predicted octanol–water partition coefficient (Wildman–Crippen LogP) is -0.293. The molecule has 0 rings (SSSR count). The Bertz CT molecular complexity index is 189. The number of nitrogens with two attached hydrogens (primary N) is 1. The fourth-order valence-corrected chi connectivity index (χ4v) is 0.202. The summed E-state index contributed by atoms with van der Waals surface area (Å²) in [6.07, 6.45) is 0. The van der Waals surface area contributed by atoms with Crippen LogP contribution in [0.2, 0.25) is 0 Å². The molecule has 0 aromatic carbocycles. The molecular formula is C4H3F2NO3. The second-order valence-corrected chi connectivity index (χ2v) is 1.30. The highest BCUT2D eigenvalue weighted by molar-refractivity contribution is 5.98. The first-order chi connectivity index (χ1) is 4.46. The standard InChI is InChI=1S/C4H3F2NO3/c5-1(3(7)8)2(6)4(9)10/h(H2,7,8)(H,9,10)/b2-1-. The molecule has 4 nitrogen and oxygen atoms in total. The highest BCUT2D eigenvalue weighted by Crippen LogP contribution is 2.06. The van der Waals surface area contributed by atoms with Crippen LogP contribution in [0, 0.1) is 0 Å². The van der Waals surface area contributed by atoms with Crippen LogP contribution in [0.5, 0.6) is 0 Å². The van der Waals surface area contributed by atoms with Gasteiger partial charge in [-0.05, 0) is 0 Å². The van der Waals surface area contributed by atoms with Gasteiger partial charge >= 0.3 is 5.97 Å². The second-order valence-electron chi connectivity index (χ2n) is 1.30. The molecule has 1 amide bonds. The molecule has 0 spiro atoms. The van der Waals surface area contributed by atoms with Crippen LogP contribution < -0.4 is 5.73 Å². The van der Waals surface area contributed by atoms with Crippen LogP contribution in [-0.4, -0.2) is 17.0 Å². The fourth-order valence-electron chi connectivity index (χ4n) is 0.202. The van der Waals surface area contributed by atoms with Gasteiger partial charge in [-0.3, -0.25) is 4.79 Å². The van der Waals surface area contributed by atoms with Crippen LogP contribution in [0.1, 0.15) is 0 Å². The van der Waals surface area contributed by atoms with Crippen LogP contribution in [0.15, 0.2) is 11.7 Å². The van der Waals surface area contributed by atoms with Crippen LogP contribution in [0.25, 0.3) is 0 Å². The molecule has 56 valence electrons. The van der Waals surface area contributed by atoms with Gasteiger partial charge in [0.15, 0.2) is 0 Å². The van der Waals surface area contributed by atoms with Crippen molar-refractivity contribution >= 4 is 11.9 Å². The third-order valence-electron chi connectivity index (χ3n) is 0.597. The Morgan fingerprint density at radius 2 is 1.60 bits per heavy atom. The van der Waals surface area contributed by atoms with Crippen molar-refractivity contribution in [2.24, 2.45) is 5.73 Å². The zero-order chi connectivity index (χ0) is 8.31. The minimum Gasteiger partial charge on any atom is -0.476 e. The van der Waals surface area contributed by atoms with Crippen molar-refractivity contribution in [2.75, 3.05) is 0 Å². The number of carboxylic acids is 1. The minimum absolute atomic E-state index is 1.74. The first-order valence-electron chi connectivity index (χ1n) is 2.05. The lowest BCUT2D eigenvalue weighted by atomic mass is 10.4. The van der Waals surface area contributed by atoms with E-state index in [1.165, 1.54) is 0 Å². The molecule has 10 heavy (non-hydrogen) atoms. The molecule has 0 atom stereocenters. The van der Waals surface area contributed by atoms with Crippen molar-refractivity contribution in [3.05, 3.63) is 11.7 Å². The molecule has 0 bridgehead atoms. The highest BCUT2D eigenvalue weighted by atomic mass is 19.2. The molecule has 0 radical (unpaired) electrons. The summed E-state index contributed by atoms with van der Waals surface area (Å²) >= 11 is 0. The summed E-state index contributed by atoms with van der Waals surface area (Å²) in [5, 5.41) is 7.72. The lowest BCUT2D eigenvalue weighted by molar-refractivity contribution is -0.135. The van der Waals surface area contributed by atoms with Crippen LogP contribution >= 0.6 is 0 Å². The lowest BCUT2D eigenvalue weighted by Crippen LogP contribution is -2.14. The van der Waals surface area contributed by atoms with Crippen LogP contribution in [0.3, 0.4) is 0 Å². The maximum atomic E-state index is 11.8. The van der Waals surface area contributed by atoms with E-state index in [4.69, 9.17) is 5.11 Å². The smallest absolute Gasteiger partial charge is 0.368 e. The Morgan fingerprint density at radius 3 is 1.70 bits per heavy atom. The number of amides is 1. The highest BCUT2D eigenvalue weighted by Gasteiger charge is 2.17. The largest absolute Gasteiger partial charge is 0.476 e. The number of carbonyl (C=O) groups is 2. The Hall–Kier alpha value is -1.46. The van der Waals surface area contributed by atoms with Gasteiger partial charge in [-0.15, -0.1) is 0 Å². The van der Waals surface area contributed by atoms with Gasteiger partial charge in [-0.1, -0.05) is 0 Å². The Balaban J connectivity index is 4.67. The molecule has 0 heterocycles. The fraction of sp³-hybridized carbons (Fsp3) is 0. The number of primary amides is 1. The quantitative estimate of drug-likeness (QED) is 0.532. The summed E-state index contributed by atoms with van der Waals surface area (Å²) in [4.78, 5) is 19.3. The molecule has 0 saturated carbocycles. The number of carboxylic acid groups (broad SMARTS) is 1. The van der Waals surface area contributed by atoms with Gasteiger partial charge in [0.1, 0.15) is 0 Å². The van der Waals surface area contributed by atoms with Crippen LogP contribution in [-0.2, 0) is 9.59 Å². The Morgan fingerprint density at radius 1 is 1.20 bits per heavy atom. The van der Waals surface area contributed by atoms with Crippen LogP contribution in [0.4, 0.5) is 8.78 Å². The summed E-state index contributed by atoms with van der Waals surface area (Å²) in [5.41, 5.74) is 4.20. The van der Waals surface area contributed by atoms with Crippen molar-refractivity contribution in [2.45, 2.75) is 0 Å². The first-order valence-corrected chi connectivity index (χ1v) is 2.05. The van der Waals surface area contributed by atoms with E-state index in [1.54, 1.807) is 0 Å². The predicted molar refractivity (Wildman–Crippen MR) is 26.1 cm³/mol. The van der Waals surface area contributed by atoms with E-state index in [1.807, 2.05) is 0 Å². The van der Waals surface area contributed by atoms with Crippen molar-refractivity contribution in [3.63, 3.8) is 0 Å². The van der Waals surface area contributed by atoms with E-state index in [2.05, 4.69) is 5.73 Å². The summed E-state index contributed by atoms with van der Waals surface area (Å²) in [6, 6.07) is 0. The third kappa shape index (κ3) is 1.81. The number of aliphatic carboxylic acids is 1. The Labute approximate surface area is 53.9 Å². The number of hydrogen-bond donors (Lipinski definition) is 2. The van der Waals surface area contributed by atoms with E-state index < -0.39 is 23.5 Å². The van der Waals surface area contributed by atoms with Gasteiger partial charge in [-0.2, -0.15) is 8.78 Å². The summed E-state index contributed by atoms with van der Waals surface area (Å²) in [5.74, 6) is -8.14. The first kappa shape index (κ1) is 8.54. The molecule has 3 N–H and O–H groups in total. The van der Waals surface area contributed by atoms with Gasteiger partial charge in [0, 0.05) is 0 Å². The van der Waals surface area contributed by atoms with Gasteiger partial charge < -0.3 is 10.8 Å². The monoisotopic (exact) mass is 151 g/mol. The average Bonchev–Trinajstić information content (AvgIpc) is 1.84. The van der Waals surface area contributed by atoms with Crippen molar-refractivity contribution in [3.8, 4) is 0 Å². The SMILES string of the molecule is NC(=O)/C(F)=C(/F)C(=O)O. The van der Waals surface area contributed by atoms with Gasteiger partial charge in [0.05, 0.1) is 0 Å². The van der Waals surface area contributed by atoms with Crippen molar-refractivity contribution < 1.29 is 23.5 Å². The van der Waals surface area contributed by atoms with E-state index in [9.17, 15) is 18.4 Å². The Kier molecular flexibility index (Phi) is 2.48. The molecule has 0 aliphatic heterocycles. The maximum Gasteiger partial charge on any atom is 0.368 e. The van der Waals surface area contributed by atoms with Gasteiger partial charge in [-0.25, -0.2) is 4.79 Å². The summed E-state index contributed by atoms with van der Waals surface area (Å²) in [6.45, 7) is 0. The number of rotatable bonds is 2. The molecule has 0 aromatic heterocycles. The molecule has 0 saturated heterocycles. The minimum atomic E-state index is -2.17. The van der Waals surface area contributed by atoms with Crippen molar-refractivity contribution in [1.29, 1.82) is 0 Å². The second kappa shape index (κ2) is 2.90. The summed E-state index contributed by atoms with van der Waals surface area (Å²) in [7, 11) is 0. The normalized spacial score (nSPS) is 12.2. The molecular weight excluding hydrogens is 148 g/mol. The molecule has 0 aliphatic rings. The third-order valence-corrected chi connectivity index (χ3v) is 0.597. The van der Waals surface area contributed by atoms with Gasteiger partial charge in [0.25, 0.3) is 5.91 Å². The molecule has 0 unspecified atom stereocenters. The topological polar surface area (TPSA) is 80.4 Å². The van der Waals surface area contributed by atoms with Crippen molar-refractivity contribution in [1.82, 2.24) is 0 Å². The number of halogens is 2. The number of carbonyl (C=O) groups excluding carboxylic acids is 1. The molecule has 0 aromatic rings. The van der Waals surface area contributed by atoms with E-state index in [0.717, 1.165) is 0 Å². The number of hydrogen-bond acceptors (Lipinski definition) is 2. The average molecular weight is 151 g/mol.